The van der Waals surface area contributed by atoms with Gasteiger partial charge in [0, 0.05) is 27.8 Å². The summed E-state index contributed by atoms with van der Waals surface area (Å²) in [4.78, 5) is 43.5. The minimum Gasteiger partial charge on any atom is -0.465 e. The van der Waals surface area contributed by atoms with E-state index in [1.165, 1.54) is 46.6 Å². The third-order valence-electron chi connectivity index (χ3n) is 7.60. The van der Waals surface area contributed by atoms with Gasteiger partial charge in [-0.2, -0.15) is 13.2 Å². The van der Waals surface area contributed by atoms with Gasteiger partial charge in [0.05, 0.1) is 30.3 Å². The van der Waals surface area contributed by atoms with Gasteiger partial charge in [0.15, 0.2) is 5.78 Å². The molecule has 7 nitrogen and oxygen atoms in total. The number of halogens is 4. The number of ketones is 1. The maximum atomic E-state index is 14.6. The number of nitrogens with two attached hydrogens (primary N) is 1. The molecular weight excluding hydrogens is 600 g/mol. The quantitative estimate of drug-likeness (QED) is 0.183. The Balaban J connectivity index is 1.84. The summed E-state index contributed by atoms with van der Waals surface area (Å²) in [6.07, 6.45) is -4.73. The molecule has 3 atom stereocenters. The van der Waals surface area contributed by atoms with Crippen LogP contribution in [0.25, 0.3) is 0 Å². The second-order valence-corrected chi connectivity index (χ2v) is 11.2. The van der Waals surface area contributed by atoms with Crippen LogP contribution in [0.5, 0.6) is 0 Å². The number of allylic oxidation sites excluding steroid dienone is 2. The van der Waals surface area contributed by atoms with Gasteiger partial charge >= 0.3 is 18.1 Å². The first kappa shape index (κ1) is 31.0. The van der Waals surface area contributed by atoms with Crippen LogP contribution in [0.4, 0.5) is 23.2 Å². The lowest BCUT2D eigenvalue weighted by Gasteiger charge is -2.44. The largest absolute Gasteiger partial charge is 0.465 e. The standard InChI is InChI=1S/C32H28F4N2O5S/c1-3-42-30(40)25-21(23-12-7-13-44-23)16-22-26(28(25)39)24(17-8-5-10-19(33)14-17)27(31(41)43-4-2)29(37)38(22)20-11-6-9-18(15-20)32(34,35)36/h5-15,21,24-25H,3-4,16,37H2,1-2H3/t21-,24+,25+/m0/s1. The molecule has 44 heavy (non-hydrogen) atoms. The fraction of sp³-hybridized carbons (Fsp3) is 0.281. The van der Waals surface area contributed by atoms with Crippen molar-refractivity contribution in [3.63, 3.8) is 0 Å². The zero-order chi connectivity index (χ0) is 31.8. The molecule has 2 N–H and O–H groups in total. The van der Waals surface area contributed by atoms with Crippen LogP contribution < -0.4 is 10.6 Å². The normalized spacial score (nSPS) is 20.5. The Morgan fingerprint density at radius 3 is 2.39 bits per heavy atom. The molecule has 0 radical (unpaired) electrons. The van der Waals surface area contributed by atoms with Gasteiger partial charge in [-0.1, -0.05) is 24.3 Å². The van der Waals surface area contributed by atoms with Crippen molar-refractivity contribution >= 4 is 34.7 Å². The molecule has 0 spiro atoms. The van der Waals surface area contributed by atoms with E-state index in [1.807, 2.05) is 0 Å². The second kappa shape index (κ2) is 12.3. The number of benzene rings is 2. The van der Waals surface area contributed by atoms with E-state index in [2.05, 4.69) is 0 Å². The molecule has 2 heterocycles. The Kier molecular flexibility index (Phi) is 8.64. The van der Waals surface area contributed by atoms with Gasteiger partial charge < -0.3 is 15.2 Å². The van der Waals surface area contributed by atoms with E-state index in [0.29, 0.717) is 4.88 Å². The molecule has 0 amide bonds. The van der Waals surface area contributed by atoms with Crippen molar-refractivity contribution in [1.82, 2.24) is 0 Å². The number of Topliss-reactive ketones (excluding diaryl/α,β-unsaturated/α-hetero) is 1. The van der Waals surface area contributed by atoms with Gasteiger partial charge in [-0.15, -0.1) is 11.3 Å². The predicted molar refractivity (Wildman–Crippen MR) is 155 cm³/mol. The van der Waals surface area contributed by atoms with Crippen molar-refractivity contribution in [3.05, 3.63) is 111 Å². The fourth-order valence-electron chi connectivity index (χ4n) is 5.84. The lowest BCUT2D eigenvalue weighted by Crippen LogP contribution is -2.46. The Morgan fingerprint density at radius 1 is 1.02 bits per heavy atom. The summed E-state index contributed by atoms with van der Waals surface area (Å²) < 4.78 is 66.7. The topological polar surface area (TPSA) is 98.9 Å². The fourth-order valence-corrected chi connectivity index (χ4v) is 6.71. The molecule has 230 valence electrons. The molecule has 1 aromatic heterocycles. The SMILES string of the molecule is CCOC(=O)C1=C(N)N(c2cccc(C(F)(F)F)c2)C2=C(C(=O)[C@H](C(=O)OCC)[C@H](c3cccs3)C2)[C@H]1c1cccc(F)c1. The molecule has 0 bridgehead atoms. The third-order valence-corrected chi connectivity index (χ3v) is 8.60. The van der Waals surface area contributed by atoms with Gasteiger partial charge in [-0.25, -0.2) is 9.18 Å². The minimum absolute atomic E-state index is 0.00368. The van der Waals surface area contributed by atoms with Gasteiger partial charge in [-0.3, -0.25) is 14.5 Å². The van der Waals surface area contributed by atoms with E-state index in [4.69, 9.17) is 15.2 Å². The van der Waals surface area contributed by atoms with Crippen LogP contribution >= 0.6 is 11.3 Å². The smallest absolute Gasteiger partial charge is 0.416 e. The summed E-state index contributed by atoms with van der Waals surface area (Å²) in [6, 6.07) is 13.1. The van der Waals surface area contributed by atoms with Crippen LogP contribution in [0.15, 0.2) is 88.7 Å². The van der Waals surface area contributed by atoms with Crippen molar-refractivity contribution < 1.29 is 41.4 Å². The van der Waals surface area contributed by atoms with E-state index < -0.39 is 53.0 Å². The number of anilines is 1. The number of hydrogen-bond acceptors (Lipinski definition) is 8. The molecule has 0 unspecified atom stereocenters. The predicted octanol–water partition coefficient (Wildman–Crippen LogP) is 6.43. The highest BCUT2D eigenvalue weighted by atomic mass is 32.1. The van der Waals surface area contributed by atoms with Crippen molar-refractivity contribution in [3.8, 4) is 0 Å². The van der Waals surface area contributed by atoms with Gasteiger partial charge in [0.1, 0.15) is 17.6 Å². The summed E-state index contributed by atoms with van der Waals surface area (Å²) >= 11 is 1.31. The first-order valence-corrected chi connectivity index (χ1v) is 14.7. The van der Waals surface area contributed by atoms with Crippen LogP contribution in [0.2, 0.25) is 0 Å². The Hall–Kier alpha value is -4.45. The molecule has 12 heteroatoms. The number of ether oxygens (including phenoxy) is 2. The molecule has 0 saturated carbocycles. The van der Waals surface area contributed by atoms with E-state index in [1.54, 1.807) is 31.4 Å². The summed E-state index contributed by atoms with van der Waals surface area (Å²) in [7, 11) is 0. The Bertz CT molecular complexity index is 1660. The lowest BCUT2D eigenvalue weighted by atomic mass is 9.68. The number of hydrogen-bond donors (Lipinski definition) is 1. The second-order valence-electron chi connectivity index (χ2n) is 10.2. The van der Waals surface area contributed by atoms with Crippen molar-refractivity contribution in [2.24, 2.45) is 11.7 Å². The molecule has 1 aliphatic carbocycles. The third kappa shape index (κ3) is 5.61. The van der Waals surface area contributed by atoms with E-state index in [9.17, 15) is 31.9 Å². The molecule has 0 saturated heterocycles. The van der Waals surface area contributed by atoms with Crippen LogP contribution in [0, 0.1) is 11.7 Å². The number of thiophene rings is 1. The number of nitrogens with zero attached hydrogens (tertiary/aromatic N) is 1. The molecule has 5 rings (SSSR count). The Labute approximate surface area is 254 Å². The van der Waals surface area contributed by atoms with Crippen molar-refractivity contribution in [2.45, 2.75) is 38.3 Å². The van der Waals surface area contributed by atoms with E-state index >= 15 is 0 Å². The molecule has 0 fully saturated rings. The maximum absolute atomic E-state index is 14.6. The van der Waals surface area contributed by atoms with Crippen LogP contribution in [0.3, 0.4) is 0 Å². The zero-order valence-corrected chi connectivity index (χ0v) is 24.5. The molecule has 3 aromatic rings. The minimum atomic E-state index is -4.70. The summed E-state index contributed by atoms with van der Waals surface area (Å²) in [5.74, 6) is -6.74. The molecule has 2 aromatic carbocycles. The monoisotopic (exact) mass is 628 g/mol. The average molecular weight is 629 g/mol. The average Bonchev–Trinajstić information content (AvgIpc) is 3.51. The van der Waals surface area contributed by atoms with Crippen LogP contribution in [0.1, 0.15) is 48.1 Å². The highest BCUT2D eigenvalue weighted by Crippen LogP contribution is 2.52. The van der Waals surface area contributed by atoms with E-state index in [0.717, 1.165) is 18.2 Å². The number of esters is 2. The first-order chi connectivity index (χ1) is 21.0. The molecule has 2 aliphatic rings. The summed E-state index contributed by atoms with van der Waals surface area (Å²) in [5.41, 5.74) is 5.66. The van der Waals surface area contributed by atoms with Crippen molar-refractivity contribution in [1.29, 1.82) is 0 Å². The lowest BCUT2D eigenvalue weighted by molar-refractivity contribution is -0.152. The summed E-state index contributed by atoms with van der Waals surface area (Å²) in [5, 5.41) is 1.78. The first-order valence-electron chi connectivity index (χ1n) is 13.8. The van der Waals surface area contributed by atoms with Crippen LogP contribution in [-0.4, -0.2) is 30.9 Å². The number of carbonyl (C=O) groups excluding carboxylic acids is 3. The number of alkyl halides is 3. The maximum Gasteiger partial charge on any atom is 0.416 e. The van der Waals surface area contributed by atoms with Gasteiger partial charge in [0.2, 0.25) is 0 Å². The zero-order valence-electron chi connectivity index (χ0n) is 23.7. The number of rotatable bonds is 7. The highest BCUT2D eigenvalue weighted by Gasteiger charge is 2.51. The van der Waals surface area contributed by atoms with Gasteiger partial charge in [0.25, 0.3) is 0 Å². The van der Waals surface area contributed by atoms with Crippen molar-refractivity contribution in [2.75, 3.05) is 18.1 Å². The van der Waals surface area contributed by atoms with E-state index in [-0.39, 0.29) is 53.5 Å². The summed E-state index contributed by atoms with van der Waals surface area (Å²) in [6.45, 7) is 3.07. The number of carbonyl (C=O) groups is 3. The van der Waals surface area contributed by atoms with Crippen LogP contribution in [-0.2, 0) is 30.0 Å². The Morgan fingerprint density at radius 2 is 1.75 bits per heavy atom. The highest BCUT2D eigenvalue weighted by molar-refractivity contribution is 7.10. The van der Waals surface area contributed by atoms with Gasteiger partial charge in [-0.05, 0) is 67.6 Å². The molecular formula is C32H28F4N2O5S. The molecule has 1 aliphatic heterocycles.